The summed E-state index contributed by atoms with van der Waals surface area (Å²) in [5.41, 5.74) is 2.33. The van der Waals surface area contributed by atoms with Gasteiger partial charge in [-0.05, 0) is 31.2 Å². The van der Waals surface area contributed by atoms with Gasteiger partial charge < -0.3 is 15.1 Å². The Bertz CT molecular complexity index is 631. The van der Waals surface area contributed by atoms with E-state index in [1.165, 1.54) is 24.8 Å². The molecular weight excluding hydrogens is 314 g/mol. The Morgan fingerprint density at radius 3 is 2.72 bits per heavy atom. The van der Waals surface area contributed by atoms with Crippen molar-refractivity contribution in [3.05, 3.63) is 35.4 Å². The van der Waals surface area contributed by atoms with Gasteiger partial charge in [-0.15, -0.1) is 0 Å². The van der Waals surface area contributed by atoms with Crippen molar-refractivity contribution >= 4 is 11.9 Å². The number of urea groups is 1. The summed E-state index contributed by atoms with van der Waals surface area (Å²) in [5.74, 6) is 0.509. The quantitative estimate of drug-likeness (QED) is 0.894. The van der Waals surface area contributed by atoms with Crippen LogP contribution in [0.4, 0.5) is 4.79 Å². The molecule has 1 N–H and O–H groups in total. The summed E-state index contributed by atoms with van der Waals surface area (Å²) in [5, 5.41) is 3.14. The second kappa shape index (κ2) is 7.89. The molecule has 5 nitrogen and oxygen atoms in total. The second-order valence-corrected chi connectivity index (χ2v) is 7.55. The van der Waals surface area contributed by atoms with E-state index in [4.69, 9.17) is 0 Å². The van der Waals surface area contributed by atoms with Gasteiger partial charge in [-0.1, -0.05) is 49.6 Å². The van der Waals surface area contributed by atoms with Crippen molar-refractivity contribution in [1.82, 2.24) is 15.1 Å². The van der Waals surface area contributed by atoms with E-state index in [-0.39, 0.29) is 24.5 Å². The molecule has 2 unspecified atom stereocenters. The highest BCUT2D eigenvalue weighted by atomic mass is 16.2. The zero-order valence-corrected chi connectivity index (χ0v) is 15.3. The van der Waals surface area contributed by atoms with Crippen molar-refractivity contribution in [3.63, 3.8) is 0 Å². The molecule has 136 valence electrons. The number of carbonyl (C=O) groups excluding carboxylic acids is 2. The number of hydrogen-bond acceptors (Lipinski definition) is 2. The van der Waals surface area contributed by atoms with E-state index in [0.29, 0.717) is 25.6 Å². The Hall–Kier alpha value is -2.04. The third-order valence-electron chi connectivity index (χ3n) is 5.43. The van der Waals surface area contributed by atoms with Crippen LogP contribution in [0.3, 0.4) is 0 Å². The summed E-state index contributed by atoms with van der Waals surface area (Å²) in [6.07, 6.45) is 4.67. The smallest absolute Gasteiger partial charge is 0.320 e. The number of benzene rings is 1. The highest BCUT2D eigenvalue weighted by Gasteiger charge is 2.31. The van der Waals surface area contributed by atoms with Crippen LogP contribution in [0.15, 0.2) is 24.3 Å². The number of nitrogens with zero attached hydrogens (tertiary/aromatic N) is 2. The van der Waals surface area contributed by atoms with Crippen molar-refractivity contribution in [2.24, 2.45) is 5.92 Å². The van der Waals surface area contributed by atoms with Gasteiger partial charge in [0.05, 0.1) is 0 Å². The fraction of sp³-hybridized carbons (Fsp3) is 0.600. The van der Waals surface area contributed by atoms with Crippen molar-refractivity contribution < 1.29 is 9.59 Å². The zero-order chi connectivity index (χ0) is 17.8. The third-order valence-corrected chi connectivity index (χ3v) is 5.43. The largest absolute Gasteiger partial charge is 0.352 e. The standard InChI is InChI=1S/C20H29N3O2/c1-15-6-5-8-17(12-15)13-22-10-11-23(20(22)25)14-19(24)21-18-9-4-3-7-16(18)2/h5-6,8,12,16,18H,3-4,7,9-11,13-14H2,1-2H3,(H,21,24). The minimum absolute atomic E-state index is 0.0236. The van der Waals surface area contributed by atoms with Crippen LogP contribution in [-0.4, -0.2) is 47.4 Å². The topological polar surface area (TPSA) is 52.6 Å². The van der Waals surface area contributed by atoms with Crippen molar-refractivity contribution in [1.29, 1.82) is 0 Å². The Morgan fingerprint density at radius 2 is 1.96 bits per heavy atom. The first kappa shape index (κ1) is 17.8. The molecule has 3 rings (SSSR count). The summed E-state index contributed by atoms with van der Waals surface area (Å²) in [6.45, 7) is 6.34. The van der Waals surface area contributed by atoms with Gasteiger partial charge in [0.2, 0.25) is 5.91 Å². The van der Waals surface area contributed by atoms with Crippen LogP contribution in [0.2, 0.25) is 0 Å². The summed E-state index contributed by atoms with van der Waals surface area (Å²) in [7, 11) is 0. The summed E-state index contributed by atoms with van der Waals surface area (Å²) >= 11 is 0. The lowest BCUT2D eigenvalue weighted by molar-refractivity contribution is -0.122. The van der Waals surface area contributed by atoms with Gasteiger partial charge in [0, 0.05) is 25.7 Å². The van der Waals surface area contributed by atoms with E-state index in [1.54, 1.807) is 4.90 Å². The third kappa shape index (κ3) is 4.53. The van der Waals surface area contributed by atoms with E-state index in [0.717, 1.165) is 12.0 Å². The molecule has 25 heavy (non-hydrogen) atoms. The van der Waals surface area contributed by atoms with Crippen molar-refractivity contribution in [3.8, 4) is 0 Å². The molecule has 0 bridgehead atoms. The molecule has 0 aromatic heterocycles. The lowest BCUT2D eigenvalue weighted by Gasteiger charge is -2.30. The molecule has 1 heterocycles. The SMILES string of the molecule is Cc1cccc(CN2CCN(CC(=O)NC3CCCCC3C)C2=O)c1. The highest BCUT2D eigenvalue weighted by Crippen LogP contribution is 2.23. The molecule has 1 saturated carbocycles. The van der Waals surface area contributed by atoms with Crippen LogP contribution in [0.1, 0.15) is 43.7 Å². The Morgan fingerprint density at radius 1 is 1.20 bits per heavy atom. The molecule has 2 fully saturated rings. The number of carbonyl (C=O) groups is 2. The molecule has 5 heteroatoms. The molecular formula is C20H29N3O2. The molecule has 2 aliphatic rings. The second-order valence-electron chi connectivity index (χ2n) is 7.55. The van der Waals surface area contributed by atoms with Gasteiger partial charge >= 0.3 is 6.03 Å². The van der Waals surface area contributed by atoms with E-state index in [1.807, 2.05) is 17.0 Å². The van der Waals surface area contributed by atoms with Gasteiger partial charge in [0.25, 0.3) is 0 Å². The van der Waals surface area contributed by atoms with Gasteiger partial charge in [-0.25, -0.2) is 4.79 Å². The molecule has 1 aliphatic heterocycles. The number of hydrogen-bond donors (Lipinski definition) is 1. The number of rotatable bonds is 5. The summed E-state index contributed by atoms with van der Waals surface area (Å²) in [4.78, 5) is 28.4. The van der Waals surface area contributed by atoms with E-state index in [9.17, 15) is 9.59 Å². The lowest BCUT2D eigenvalue weighted by atomic mass is 9.86. The normalized spacial score (nSPS) is 23.8. The molecule has 1 aromatic rings. The maximum absolute atomic E-state index is 12.6. The molecule has 1 saturated heterocycles. The first-order chi connectivity index (χ1) is 12.0. The molecule has 1 aromatic carbocycles. The maximum Gasteiger partial charge on any atom is 0.320 e. The van der Waals surface area contributed by atoms with E-state index in [2.05, 4.69) is 31.3 Å². The maximum atomic E-state index is 12.6. The van der Waals surface area contributed by atoms with Crippen LogP contribution in [0.25, 0.3) is 0 Å². The first-order valence-electron chi connectivity index (χ1n) is 9.41. The van der Waals surface area contributed by atoms with Crippen LogP contribution in [0, 0.1) is 12.8 Å². The molecule has 3 amide bonds. The predicted octanol–water partition coefficient (Wildman–Crippen LogP) is 2.93. The fourth-order valence-corrected chi connectivity index (χ4v) is 3.91. The van der Waals surface area contributed by atoms with Crippen LogP contribution in [0.5, 0.6) is 0 Å². The van der Waals surface area contributed by atoms with E-state index < -0.39 is 0 Å². The van der Waals surface area contributed by atoms with Crippen LogP contribution < -0.4 is 5.32 Å². The van der Waals surface area contributed by atoms with Gasteiger partial charge in [0.1, 0.15) is 6.54 Å². The fourth-order valence-electron chi connectivity index (χ4n) is 3.91. The van der Waals surface area contributed by atoms with Crippen LogP contribution in [-0.2, 0) is 11.3 Å². The Kier molecular flexibility index (Phi) is 5.61. The monoisotopic (exact) mass is 343 g/mol. The zero-order valence-electron chi connectivity index (χ0n) is 15.3. The molecule has 0 radical (unpaired) electrons. The number of aryl methyl sites for hydroxylation is 1. The molecule has 1 aliphatic carbocycles. The lowest BCUT2D eigenvalue weighted by Crippen LogP contribution is -2.46. The molecule has 0 spiro atoms. The predicted molar refractivity (Wildman–Crippen MR) is 98.1 cm³/mol. The van der Waals surface area contributed by atoms with Gasteiger partial charge in [0.15, 0.2) is 0 Å². The molecule has 2 atom stereocenters. The highest BCUT2D eigenvalue weighted by molar-refractivity contribution is 5.85. The Labute approximate surface area is 150 Å². The van der Waals surface area contributed by atoms with Crippen LogP contribution >= 0.6 is 0 Å². The van der Waals surface area contributed by atoms with Crippen molar-refractivity contribution in [2.75, 3.05) is 19.6 Å². The van der Waals surface area contributed by atoms with Crippen molar-refractivity contribution in [2.45, 2.75) is 52.1 Å². The van der Waals surface area contributed by atoms with E-state index >= 15 is 0 Å². The average molecular weight is 343 g/mol. The first-order valence-corrected chi connectivity index (χ1v) is 9.41. The minimum atomic E-state index is -0.0339. The number of nitrogens with one attached hydrogen (secondary N) is 1. The Balaban J connectivity index is 1.50. The number of amides is 3. The summed E-state index contributed by atoms with van der Waals surface area (Å²) < 4.78 is 0. The summed E-state index contributed by atoms with van der Waals surface area (Å²) in [6, 6.07) is 8.45. The van der Waals surface area contributed by atoms with Gasteiger partial charge in [-0.3, -0.25) is 4.79 Å². The van der Waals surface area contributed by atoms with Gasteiger partial charge in [-0.2, -0.15) is 0 Å². The average Bonchev–Trinajstić information content (AvgIpc) is 2.90. The minimum Gasteiger partial charge on any atom is -0.352 e.